The van der Waals surface area contributed by atoms with Gasteiger partial charge in [-0.3, -0.25) is 14.5 Å². The summed E-state index contributed by atoms with van der Waals surface area (Å²) >= 11 is 1.21. The molecule has 5 rings (SSSR count). The fourth-order valence-corrected chi connectivity index (χ4v) is 5.32. The van der Waals surface area contributed by atoms with Crippen molar-refractivity contribution in [3.63, 3.8) is 0 Å². The van der Waals surface area contributed by atoms with Gasteiger partial charge in [0.2, 0.25) is 5.13 Å². The number of nitrogens with zero attached hydrogens (tertiary/aromatic N) is 3. The molecule has 1 unspecified atom stereocenters. The van der Waals surface area contributed by atoms with E-state index in [2.05, 4.69) is 17.1 Å². The van der Waals surface area contributed by atoms with E-state index in [1.54, 1.807) is 55.5 Å². The predicted octanol–water partition coefficient (Wildman–Crippen LogP) is 6.54. The second-order valence-electron chi connectivity index (χ2n) is 9.78. The molecule has 41 heavy (non-hydrogen) atoms. The maximum atomic E-state index is 13.4. The van der Waals surface area contributed by atoms with Gasteiger partial charge in [-0.2, -0.15) is 0 Å². The minimum Gasteiger partial charge on any atom is -0.507 e. The quantitative estimate of drug-likeness (QED) is 0.100. The summed E-state index contributed by atoms with van der Waals surface area (Å²) in [5.41, 5.74) is 3.23. The van der Waals surface area contributed by atoms with Gasteiger partial charge in [0, 0.05) is 5.56 Å². The molecule has 0 spiro atoms. The molecule has 1 fully saturated rings. The van der Waals surface area contributed by atoms with Crippen molar-refractivity contribution < 1.29 is 24.2 Å². The normalized spacial score (nSPS) is 16.3. The van der Waals surface area contributed by atoms with E-state index in [1.807, 2.05) is 31.2 Å². The fraction of sp³-hybridized carbons (Fsp3) is 0.250. The van der Waals surface area contributed by atoms with Crippen molar-refractivity contribution in [3.05, 3.63) is 106 Å². The van der Waals surface area contributed by atoms with Crippen molar-refractivity contribution in [2.24, 2.45) is 0 Å². The van der Waals surface area contributed by atoms with E-state index in [9.17, 15) is 14.7 Å². The molecule has 9 heteroatoms. The summed E-state index contributed by atoms with van der Waals surface area (Å²) in [4.78, 5) is 28.0. The minimum atomic E-state index is -0.885. The number of unbranched alkanes of at least 4 members (excludes halogenated alkanes) is 1. The van der Waals surface area contributed by atoms with Gasteiger partial charge in [-0.1, -0.05) is 61.1 Å². The fourth-order valence-electron chi connectivity index (χ4n) is 4.61. The number of aryl methyl sites for hydroxylation is 2. The average Bonchev–Trinajstić information content (AvgIpc) is 3.52. The van der Waals surface area contributed by atoms with Crippen LogP contribution in [0.4, 0.5) is 5.13 Å². The standard InChI is InChI=1S/C32H31N3O5S/c1-4-5-18-39-25-14-10-22(11-15-25)28-27(30(37)31(38)35(28)32-34-33-21(3)41-32)29(36)23-12-16-26(17-13-23)40-19-24-9-7-6-8-20(24)2/h6-17,28,36H,4-5,18-19H2,1-3H3. The van der Waals surface area contributed by atoms with E-state index < -0.39 is 17.7 Å². The van der Waals surface area contributed by atoms with Gasteiger partial charge >= 0.3 is 5.91 Å². The third-order valence-electron chi connectivity index (χ3n) is 6.91. The number of hydrogen-bond donors (Lipinski definition) is 1. The number of amides is 1. The molecule has 1 amide bonds. The summed E-state index contributed by atoms with van der Waals surface area (Å²) in [6, 6.07) is 21.1. The first kappa shape index (κ1) is 28.0. The SMILES string of the molecule is CCCCOc1ccc(C2C(=C(O)c3ccc(OCc4ccccc4C)cc3)C(=O)C(=O)N2c2nnc(C)s2)cc1. The number of benzene rings is 3. The Balaban J connectivity index is 1.47. The van der Waals surface area contributed by atoms with Gasteiger partial charge in [0.05, 0.1) is 18.2 Å². The van der Waals surface area contributed by atoms with Crippen LogP contribution in [0.2, 0.25) is 0 Å². The van der Waals surface area contributed by atoms with Crippen LogP contribution in [0.1, 0.15) is 53.1 Å². The molecule has 210 valence electrons. The Bertz CT molecular complexity index is 1580. The van der Waals surface area contributed by atoms with Crippen LogP contribution >= 0.6 is 11.3 Å². The first-order chi connectivity index (χ1) is 19.9. The second-order valence-corrected chi connectivity index (χ2v) is 10.9. The van der Waals surface area contributed by atoms with E-state index >= 15 is 0 Å². The Kier molecular flexibility index (Phi) is 8.45. The number of ether oxygens (including phenoxy) is 2. The summed E-state index contributed by atoms with van der Waals surface area (Å²) in [5, 5.41) is 20.5. The van der Waals surface area contributed by atoms with Crippen molar-refractivity contribution >= 4 is 33.9 Å². The molecule has 3 aromatic carbocycles. The molecule has 0 radical (unpaired) electrons. The third kappa shape index (κ3) is 6.00. The van der Waals surface area contributed by atoms with Gasteiger partial charge in [0.25, 0.3) is 5.78 Å². The third-order valence-corrected chi connectivity index (χ3v) is 7.75. The summed E-state index contributed by atoms with van der Waals surface area (Å²) in [6.45, 7) is 6.90. The molecule has 1 aromatic heterocycles. The van der Waals surface area contributed by atoms with E-state index in [1.165, 1.54) is 16.2 Å². The maximum Gasteiger partial charge on any atom is 0.301 e. The minimum absolute atomic E-state index is 0.0175. The number of Topliss-reactive ketones (excluding diaryl/α,β-unsaturated/α-hetero) is 1. The zero-order valence-electron chi connectivity index (χ0n) is 23.2. The number of rotatable bonds is 10. The van der Waals surface area contributed by atoms with Crippen LogP contribution in [-0.4, -0.2) is 33.6 Å². The van der Waals surface area contributed by atoms with E-state index in [0.29, 0.717) is 40.8 Å². The second kappa shape index (κ2) is 12.3. The van der Waals surface area contributed by atoms with Crippen LogP contribution in [0.15, 0.2) is 78.4 Å². The topological polar surface area (TPSA) is 102 Å². The van der Waals surface area contributed by atoms with Crippen LogP contribution in [0, 0.1) is 13.8 Å². The van der Waals surface area contributed by atoms with Gasteiger partial charge in [-0.15, -0.1) is 10.2 Å². The maximum absolute atomic E-state index is 13.4. The van der Waals surface area contributed by atoms with Gasteiger partial charge in [-0.25, -0.2) is 0 Å². The van der Waals surface area contributed by atoms with Gasteiger partial charge in [0.15, 0.2) is 0 Å². The average molecular weight is 570 g/mol. The van der Waals surface area contributed by atoms with Crippen LogP contribution in [0.25, 0.3) is 5.76 Å². The molecule has 2 heterocycles. The highest BCUT2D eigenvalue weighted by Gasteiger charge is 2.48. The molecule has 1 aliphatic rings. The monoisotopic (exact) mass is 569 g/mol. The summed E-state index contributed by atoms with van der Waals surface area (Å²) in [6.07, 6.45) is 1.96. The Morgan fingerprint density at radius 3 is 2.27 bits per heavy atom. The number of carbonyl (C=O) groups excluding carboxylic acids is 2. The lowest BCUT2D eigenvalue weighted by atomic mass is 9.95. The lowest BCUT2D eigenvalue weighted by Crippen LogP contribution is -2.29. The van der Waals surface area contributed by atoms with Crippen LogP contribution < -0.4 is 14.4 Å². The number of hydrogen-bond acceptors (Lipinski definition) is 8. The van der Waals surface area contributed by atoms with E-state index in [0.717, 1.165) is 24.0 Å². The molecule has 1 N–H and O–H groups in total. The molecule has 0 aliphatic carbocycles. The van der Waals surface area contributed by atoms with Crippen molar-refractivity contribution in [2.45, 2.75) is 46.3 Å². The van der Waals surface area contributed by atoms with Crippen molar-refractivity contribution in [3.8, 4) is 11.5 Å². The number of aliphatic hydroxyl groups excluding tert-OH is 1. The molecular formula is C32H31N3O5S. The lowest BCUT2D eigenvalue weighted by molar-refractivity contribution is -0.132. The van der Waals surface area contributed by atoms with Gasteiger partial charge < -0.3 is 14.6 Å². The first-order valence-corrected chi connectivity index (χ1v) is 14.3. The highest BCUT2D eigenvalue weighted by molar-refractivity contribution is 7.15. The largest absolute Gasteiger partial charge is 0.507 e. The Hall–Kier alpha value is -4.50. The molecule has 8 nitrogen and oxygen atoms in total. The number of anilines is 1. The number of aromatic nitrogens is 2. The Labute approximate surface area is 242 Å². The van der Waals surface area contributed by atoms with Crippen molar-refractivity contribution in [1.82, 2.24) is 10.2 Å². The summed E-state index contributed by atoms with van der Waals surface area (Å²) in [7, 11) is 0. The molecule has 1 aliphatic heterocycles. The summed E-state index contributed by atoms with van der Waals surface area (Å²) < 4.78 is 11.7. The van der Waals surface area contributed by atoms with Crippen LogP contribution in [-0.2, 0) is 16.2 Å². The number of ketones is 1. The summed E-state index contributed by atoms with van der Waals surface area (Å²) in [5.74, 6) is -0.527. The Morgan fingerprint density at radius 1 is 0.927 bits per heavy atom. The smallest absolute Gasteiger partial charge is 0.301 e. The van der Waals surface area contributed by atoms with Gasteiger partial charge in [-0.05, 0) is 73.4 Å². The van der Waals surface area contributed by atoms with Crippen molar-refractivity contribution in [1.29, 1.82) is 0 Å². The predicted molar refractivity (Wildman–Crippen MR) is 158 cm³/mol. The van der Waals surface area contributed by atoms with E-state index in [-0.39, 0.29) is 16.5 Å². The number of carbonyl (C=O) groups is 2. The lowest BCUT2D eigenvalue weighted by Gasteiger charge is -2.22. The zero-order chi connectivity index (χ0) is 28.9. The number of aliphatic hydroxyl groups is 1. The molecule has 1 atom stereocenters. The molecule has 1 saturated heterocycles. The first-order valence-electron chi connectivity index (χ1n) is 13.5. The van der Waals surface area contributed by atoms with Gasteiger partial charge in [0.1, 0.15) is 28.9 Å². The molecule has 4 aromatic rings. The Morgan fingerprint density at radius 2 is 1.61 bits per heavy atom. The molecule has 0 bridgehead atoms. The van der Waals surface area contributed by atoms with Crippen LogP contribution in [0.5, 0.6) is 11.5 Å². The molecule has 0 saturated carbocycles. The highest BCUT2D eigenvalue weighted by Crippen LogP contribution is 2.43. The van der Waals surface area contributed by atoms with Crippen LogP contribution in [0.3, 0.4) is 0 Å². The highest BCUT2D eigenvalue weighted by atomic mass is 32.1. The molecular weight excluding hydrogens is 538 g/mol. The van der Waals surface area contributed by atoms with E-state index in [4.69, 9.17) is 9.47 Å². The zero-order valence-corrected chi connectivity index (χ0v) is 24.0. The van der Waals surface area contributed by atoms with Crippen molar-refractivity contribution in [2.75, 3.05) is 11.5 Å².